The fourth-order valence-corrected chi connectivity index (χ4v) is 1.49. The smallest absolute Gasteiger partial charge is 0.264 e. The lowest BCUT2D eigenvalue weighted by Gasteiger charge is -2.05. The number of rotatable bonds is 3. The first-order valence-corrected chi connectivity index (χ1v) is 5.60. The van der Waals surface area contributed by atoms with Crippen molar-refractivity contribution in [2.24, 2.45) is 0 Å². The van der Waals surface area contributed by atoms with Crippen molar-refractivity contribution in [3.63, 3.8) is 0 Å². The Bertz CT molecular complexity index is 522. The van der Waals surface area contributed by atoms with E-state index in [0.29, 0.717) is 17.0 Å². The van der Waals surface area contributed by atoms with Crippen LogP contribution in [0.5, 0.6) is 5.88 Å². The molecular formula is C12H10BrNO2. The molecular weight excluding hydrogens is 270 g/mol. The van der Waals surface area contributed by atoms with E-state index in [1.807, 2.05) is 30.3 Å². The maximum absolute atomic E-state index is 11.3. The molecule has 2 aromatic rings. The van der Waals surface area contributed by atoms with Gasteiger partial charge in [-0.05, 0) is 33.6 Å². The molecule has 3 nitrogen and oxygen atoms in total. The summed E-state index contributed by atoms with van der Waals surface area (Å²) in [5.74, 6) is 0.469. The number of aromatic nitrogens is 1. The maximum atomic E-state index is 11.3. The molecule has 16 heavy (non-hydrogen) atoms. The zero-order valence-electron chi connectivity index (χ0n) is 8.44. The standard InChI is InChI=1S/C12H10BrNO2/c13-10-6-7-11(14-12(10)15)16-8-9-4-2-1-3-5-9/h1-7H,8H2,(H,14,15). The predicted octanol–water partition coefficient (Wildman–Crippen LogP) is 2.72. The Morgan fingerprint density at radius 1 is 1.12 bits per heavy atom. The third kappa shape index (κ3) is 2.73. The molecule has 0 saturated carbocycles. The van der Waals surface area contributed by atoms with Crippen LogP contribution < -0.4 is 10.3 Å². The molecule has 1 heterocycles. The van der Waals surface area contributed by atoms with E-state index in [0.717, 1.165) is 5.56 Å². The third-order valence-electron chi connectivity index (χ3n) is 2.07. The van der Waals surface area contributed by atoms with Crippen molar-refractivity contribution in [3.8, 4) is 5.88 Å². The van der Waals surface area contributed by atoms with E-state index in [1.54, 1.807) is 12.1 Å². The van der Waals surface area contributed by atoms with Gasteiger partial charge >= 0.3 is 0 Å². The molecule has 4 heteroatoms. The van der Waals surface area contributed by atoms with Crippen molar-refractivity contribution in [2.45, 2.75) is 6.61 Å². The molecule has 1 N–H and O–H groups in total. The summed E-state index contributed by atoms with van der Waals surface area (Å²) in [4.78, 5) is 13.9. The molecule has 0 bridgehead atoms. The quantitative estimate of drug-likeness (QED) is 0.939. The van der Waals surface area contributed by atoms with Gasteiger partial charge < -0.3 is 4.74 Å². The van der Waals surface area contributed by atoms with Crippen LogP contribution in [0.25, 0.3) is 0 Å². The number of ether oxygens (including phenoxy) is 1. The highest BCUT2D eigenvalue weighted by atomic mass is 79.9. The predicted molar refractivity (Wildman–Crippen MR) is 65.5 cm³/mol. The van der Waals surface area contributed by atoms with Crippen LogP contribution in [0.2, 0.25) is 0 Å². The summed E-state index contributed by atoms with van der Waals surface area (Å²) in [5, 5.41) is 0. The largest absolute Gasteiger partial charge is 0.474 e. The number of hydrogen-bond acceptors (Lipinski definition) is 2. The number of pyridine rings is 1. The molecule has 0 amide bonds. The molecule has 0 spiro atoms. The van der Waals surface area contributed by atoms with Gasteiger partial charge in [0.25, 0.3) is 5.56 Å². The normalized spacial score (nSPS) is 10.1. The Morgan fingerprint density at radius 2 is 1.88 bits per heavy atom. The average molecular weight is 280 g/mol. The number of hydrogen-bond donors (Lipinski definition) is 1. The zero-order chi connectivity index (χ0) is 11.4. The molecule has 1 aromatic carbocycles. The number of aromatic amines is 1. The van der Waals surface area contributed by atoms with Crippen LogP contribution in [0.1, 0.15) is 5.56 Å². The summed E-state index contributed by atoms with van der Waals surface area (Å²) in [5.41, 5.74) is 0.872. The Hall–Kier alpha value is -1.55. The molecule has 0 atom stereocenters. The van der Waals surface area contributed by atoms with E-state index in [1.165, 1.54) is 0 Å². The van der Waals surface area contributed by atoms with Gasteiger partial charge in [-0.3, -0.25) is 9.78 Å². The summed E-state index contributed by atoms with van der Waals surface area (Å²) in [6.45, 7) is 0.443. The van der Waals surface area contributed by atoms with Crippen molar-refractivity contribution < 1.29 is 4.74 Å². The molecule has 1 aromatic heterocycles. The van der Waals surface area contributed by atoms with Gasteiger partial charge in [-0.25, -0.2) is 0 Å². The molecule has 0 saturated heterocycles. The minimum absolute atomic E-state index is 0.189. The van der Waals surface area contributed by atoms with Gasteiger partial charge in [-0.15, -0.1) is 0 Å². The minimum atomic E-state index is -0.189. The molecule has 82 valence electrons. The fraction of sp³-hybridized carbons (Fsp3) is 0.0833. The van der Waals surface area contributed by atoms with Crippen molar-refractivity contribution >= 4 is 15.9 Å². The van der Waals surface area contributed by atoms with Crippen LogP contribution in [0.15, 0.2) is 51.7 Å². The van der Waals surface area contributed by atoms with E-state index >= 15 is 0 Å². The summed E-state index contributed by atoms with van der Waals surface area (Å²) in [7, 11) is 0. The van der Waals surface area contributed by atoms with Crippen LogP contribution in [0, 0.1) is 0 Å². The second-order valence-electron chi connectivity index (χ2n) is 3.27. The highest BCUT2D eigenvalue weighted by molar-refractivity contribution is 9.10. The SMILES string of the molecule is O=c1[nH]c(OCc2ccccc2)ccc1Br. The first kappa shape index (κ1) is 11.0. The van der Waals surface area contributed by atoms with Crippen LogP contribution >= 0.6 is 15.9 Å². The van der Waals surface area contributed by atoms with Crippen molar-refractivity contribution in [1.82, 2.24) is 4.98 Å². The summed E-state index contributed by atoms with van der Waals surface area (Å²) < 4.78 is 5.95. The number of halogens is 1. The van der Waals surface area contributed by atoms with Gasteiger partial charge in [0, 0.05) is 0 Å². The Morgan fingerprint density at radius 3 is 2.56 bits per heavy atom. The molecule has 2 rings (SSSR count). The van der Waals surface area contributed by atoms with Crippen LogP contribution in [-0.2, 0) is 6.61 Å². The monoisotopic (exact) mass is 279 g/mol. The fourth-order valence-electron chi connectivity index (χ4n) is 1.26. The molecule has 0 aliphatic carbocycles. The first-order chi connectivity index (χ1) is 7.75. The molecule has 0 aliphatic rings. The lowest BCUT2D eigenvalue weighted by Crippen LogP contribution is -2.08. The topological polar surface area (TPSA) is 42.1 Å². The minimum Gasteiger partial charge on any atom is -0.474 e. The van der Waals surface area contributed by atoms with Crippen molar-refractivity contribution in [3.05, 3.63) is 62.9 Å². The zero-order valence-corrected chi connectivity index (χ0v) is 10.0. The molecule has 0 aliphatic heterocycles. The van der Waals surface area contributed by atoms with E-state index in [2.05, 4.69) is 20.9 Å². The van der Waals surface area contributed by atoms with Crippen molar-refractivity contribution in [1.29, 1.82) is 0 Å². The van der Waals surface area contributed by atoms with Crippen LogP contribution in [0.3, 0.4) is 0 Å². The Balaban J connectivity index is 2.05. The van der Waals surface area contributed by atoms with Gasteiger partial charge in [-0.2, -0.15) is 0 Å². The highest BCUT2D eigenvalue weighted by Crippen LogP contribution is 2.10. The van der Waals surface area contributed by atoms with Crippen LogP contribution in [0.4, 0.5) is 0 Å². The first-order valence-electron chi connectivity index (χ1n) is 4.81. The molecule has 0 unspecified atom stereocenters. The highest BCUT2D eigenvalue weighted by Gasteiger charge is 1.98. The van der Waals surface area contributed by atoms with Crippen molar-refractivity contribution in [2.75, 3.05) is 0 Å². The third-order valence-corrected chi connectivity index (χ3v) is 2.70. The van der Waals surface area contributed by atoms with Gasteiger partial charge in [0.2, 0.25) is 0 Å². The number of nitrogens with one attached hydrogen (secondary N) is 1. The Kier molecular flexibility index (Phi) is 3.41. The van der Waals surface area contributed by atoms with E-state index in [9.17, 15) is 4.79 Å². The molecule has 0 fully saturated rings. The lowest BCUT2D eigenvalue weighted by atomic mass is 10.2. The van der Waals surface area contributed by atoms with Crippen LogP contribution in [-0.4, -0.2) is 4.98 Å². The number of benzene rings is 1. The van der Waals surface area contributed by atoms with E-state index in [4.69, 9.17) is 4.74 Å². The van der Waals surface area contributed by atoms with Gasteiger partial charge in [0.1, 0.15) is 6.61 Å². The van der Waals surface area contributed by atoms with Gasteiger partial charge in [0.05, 0.1) is 4.47 Å². The second kappa shape index (κ2) is 4.99. The second-order valence-corrected chi connectivity index (χ2v) is 4.13. The number of H-pyrrole nitrogens is 1. The summed E-state index contributed by atoms with van der Waals surface area (Å²) in [6, 6.07) is 13.2. The molecule has 0 radical (unpaired) electrons. The van der Waals surface area contributed by atoms with Gasteiger partial charge in [0.15, 0.2) is 5.88 Å². The summed E-state index contributed by atoms with van der Waals surface area (Å²) >= 11 is 3.13. The summed E-state index contributed by atoms with van der Waals surface area (Å²) in [6.07, 6.45) is 0. The maximum Gasteiger partial charge on any atom is 0.264 e. The van der Waals surface area contributed by atoms with E-state index in [-0.39, 0.29) is 5.56 Å². The van der Waals surface area contributed by atoms with E-state index < -0.39 is 0 Å². The Labute approximate surface area is 101 Å². The average Bonchev–Trinajstić information content (AvgIpc) is 2.32. The lowest BCUT2D eigenvalue weighted by molar-refractivity contribution is 0.293. The van der Waals surface area contributed by atoms with Gasteiger partial charge in [-0.1, -0.05) is 30.3 Å².